The second-order valence-corrected chi connectivity index (χ2v) is 7.65. The van der Waals surface area contributed by atoms with Crippen molar-refractivity contribution in [3.8, 4) is 0 Å². The third-order valence-electron chi connectivity index (χ3n) is 5.88. The Kier molecular flexibility index (Phi) is 4.44. The number of esters is 2. The van der Waals surface area contributed by atoms with Crippen molar-refractivity contribution in [3.63, 3.8) is 0 Å². The molecule has 0 spiro atoms. The van der Waals surface area contributed by atoms with Crippen molar-refractivity contribution in [2.24, 2.45) is 0 Å². The quantitative estimate of drug-likeness (QED) is 0.199. The van der Waals surface area contributed by atoms with Crippen molar-refractivity contribution in [1.82, 2.24) is 0 Å². The van der Waals surface area contributed by atoms with Crippen LogP contribution in [0.4, 0.5) is 0 Å². The molecule has 1 aliphatic carbocycles. The van der Waals surface area contributed by atoms with Gasteiger partial charge in [-0.15, -0.1) is 0 Å². The minimum absolute atomic E-state index is 0.359. The van der Waals surface area contributed by atoms with Crippen LogP contribution >= 0.6 is 0 Å². The smallest absolute Gasteiger partial charge is 0.346 e. The monoisotopic (exact) mass is 392 g/mol. The van der Waals surface area contributed by atoms with Gasteiger partial charge in [0.25, 0.3) is 0 Å². The molecule has 0 amide bonds. The number of cyclic esters (lactones) is 2. The number of ether oxygens (including phenoxy) is 1. The van der Waals surface area contributed by atoms with Crippen molar-refractivity contribution in [3.05, 3.63) is 102 Å². The summed E-state index contributed by atoms with van der Waals surface area (Å²) in [6, 6.07) is 24.2. The van der Waals surface area contributed by atoms with E-state index < -0.39 is 11.9 Å². The highest BCUT2D eigenvalue weighted by Crippen LogP contribution is 2.36. The zero-order valence-electron chi connectivity index (χ0n) is 16.5. The van der Waals surface area contributed by atoms with Crippen LogP contribution in [0.15, 0.2) is 79.4 Å². The van der Waals surface area contributed by atoms with Crippen LogP contribution < -0.4 is 0 Å². The largest absolute Gasteiger partial charge is 0.386 e. The van der Waals surface area contributed by atoms with Gasteiger partial charge in [-0.25, -0.2) is 9.59 Å². The van der Waals surface area contributed by atoms with E-state index in [0.29, 0.717) is 11.1 Å². The normalized spacial score (nSPS) is 14.7. The molecule has 0 atom stereocenters. The average molecular weight is 392 g/mol. The highest BCUT2D eigenvalue weighted by Gasteiger charge is 2.28. The van der Waals surface area contributed by atoms with Gasteiger partial charge in [-0.2, -0.15) is 0 Å². The van der Waals surface area contributed by atoms with Gasteiger partial charge in [-0.05, 0) is 69.6 Å². The van der Waals surface area contributed by atoms with Crippen molar-refractivity contribution in [1.29, 1.82) is 0 Å². The maximum atomic E-state index is 10.8. The number of carbonyl (C=O) groups is 2. The summed E-state index contributed by atoms with van der Waals surface area (Å²) in [6.07, 6.45) is 3.56. The molecule has 146 valence electrons. The van der Waals surface area contributed by atoms with Crippen LogP contribution in [-0.4, -0.2) is 11.9 Å². The molecule has 1 aliphatic heterocycles. The fraction of sp³-hybridized carbons (Fsp3) is 0.111. The van der Waals surface area contributed by atoms with E-state index in [4.69, 9.17) is 0 Å². The summed E-state index contributed by atoms with van der Waals surface area (Å²) in [5.74, 6) is -1.10. The van der Waals surface area contributed by atoms with Gasteiger partial charge in [0.05, 0.1) is 11.1 Å². The van der Waals surface area contributed by atoms with Crippen LogP contribution in [0.25, 0.3) is 27.1 Å². The lowest BCUT2D eigenvalue weighted by molar-refractivity contribution is 0.0444. The van der Waals surface area contributed by atoms with Crippen LogP contribution in [0, 0.1) is 0 Å². The molecule has 1 heterocycles. The third kappa shape index (κ3) is 3.00. The summed E-state index contributed by atoms with van der Waals surface area (Å²) in [4.78, 5) is 21.7. The van der Waals surface area contributed by atoms with E-state index in [1.165, 1.54) is 51.1 Å². The van der Waals surface area contributed by atoms with Gasteiger partial charge >= 0.3 is 11.9 Å². The van der Waals surface area contributed by atoms with E-state index in [1.54, 1.807) is 24.3 Å². The van der Waals surface area contributed by atoms with Gasteiger partial charge < -0.3 is 4.74 Å². The first-order chi connectivity index (χ1) is 14.6. The molecule has 0 fully saturated rings. The Morgan fingerprint density at radius 3 is 2.07 bits per heavy atom. The lowest BCUT2D eigenvalue weighted by Crippen LogP contribution is -2.01. The first-order valence-corrected chi connectivity index (χ1v) is 10.1. The third-order valence-corrected chi connectivity index (χ3v) is 5.88. The first kappa shape index (κ1) is 18.3. The summed E-state index contributed by atoms with van der Waals surface area (Å²) in [5, 5.41) is 5.48. The summed E-state index contributed by atoms with van der Waals surface area (Å²) in [5.41, 5.74) is 4.90. The van der Waals surface area contributed by atoms with Gasteiger partial charge in [-0.1, -0.05) is 67.2 Å². The average Bonchev–Trinajstić information content (AvgIpc) is 3.08. The van der Waals surface area contributed by atoms with Crippen molar-refractivity contribution in [2.45, 2.75) is 19.3 Å². The highest BCUT2D eigenvalue weighted by molar-refractivity contribution is 6.14. The fourth-order valence-corrected chi connectivity index (χ4v) is 4.40. The molecule has 2 aliphatic rings. The van der Waals surface area contributed by atoms with Crippen LogP contribution in [0.2, 0.25) is 0 Å². The number of aryl methyl sites for hydroxylation is 1. The van der Waals surface area contributed by atoms with Crippen molar-refractivity contribution < 1.29 is 14.3 Å². The van der Waals surface area contributed by atoms with E-state index in [-0.39, 0.29) is 0 Å². The second kappa shape index (κ2) is 7.27. The lowest BCUT2D eigenvalue weighted by atomic mass is 9.84. The van der Waals surface area contributed by atoms with Gasteiger partial charge in [0, 0.05) is 0 Å². The summed E-state index contributed by atoms with van der Waals surface area (Å²) in [6.45, 7) is 4.22. The highest BCUT2D eigenvalue weighted by atomic mass is 16.6. The number of fused-ring (bicyclic) bond motifs is 6. The number of allylic oxidation sites excluding steroid dienone is 1. The zero-order valence-corrected chi connectivity index (χ0v) is 16.5. The van der Waals surface area contributed by atoms with Gasteiger partial charge in [0.15, 0.2) is 0 Å². The van der Waals surface area contributed by atoms with Gasteiger partial charge in [0.1, 0.15) is 0 Å². The number of benzene rings is 4. The van der Waals surface area contributed by atoms with Gasteiger partial charge in [-0.3, -0.25) is 0 Å². The molecule has 0 aromatic heterocycles. The predicted octanol–water partition coefficient (Wildman–Crippen LogP) is 6.34. The molecule has 4 aromatic rings. The number of hydrogen-bond acceptors (Lipinski definition) is 3. The minimum Gasteiger partial charge on any atom is -0.386 e. The van der Waals surface area contributed by atoms with E-state index in [1.807, 2.05) is 0 Å². The van der Waals surface area contributed by atoms with E-state index in [0.717, 1.165) is 6.42 Å². The molecular formula is C27H20O3. The molecular weight excluding hydrogens is 372 g/mol. The SMILES string of the molecule is C=C1CCCc2c1ccc1c2ccc2ccccc21.O=C1OC(=O)c2ccccc21. The Morgan fingerprint density at radius 2 is 1.30 bits per heavy atom. The zero-order chi connectivity index (χ0) is 20.7. The maximum absolute atomic E-state index is 10.8. The Balaban J connectivity index is 0.000000149. The summed E-state index contributed by atoms with van der Waals surface area (Å²) >= 11 is 0. The van der Waals surface area contributed by atoms with Crippen LogP contribution in [0.1, 0.15) is 44.7 Å². The van der Waals surface area contributed by atoms with E-state index in [2.05, 4.69) is 59.8 Å². The molecule has 3 nitrogen and oxygen atoms in total. The molecule has 30 heavy (non-hydrogen) atoms. The van der Waals surface area contributed by atoms with Crippen LogP contribution in [0.5, 0.6) is 0 Å². The molecule has 0 radical (unpaired) electrons. The number of carbonyl (C=O) groups excluding carboxylic acids is 2. The predicted molar refractivity (Wildman–Crippen MR) is 120 cm³/mol. The lowest BCUT2D eigenvalue weighted by Gasteiger charge is -2.20. The molecule has 0 N–H and O–H groups in total. The summed E-state index contributed by atoms with van der Waals surface area (Å²) < 4.78 is 4.35. The van der Waals surface area contributed by atoms with Crippen LogP contribution in [-0.2, 0) is 11.2 Å². The fourth-order valence-electron chi connectivity index (χ4n) is 4.40. The number of hydrogen-bond donors (Lipinski definition) is 0. The molecule has 3 heteroatoms. The van der Waals surface area contributed by atoms with E-state index >= 15 is 0 Å². The van der Waals surface area contributed by atoms with E-state index in [9.17, 15) is 9.59 Å². The first-order valence-electron chi connectivity index (χ1n) is 10.1. The molecule has 0 bridgehead atoms. The summed E-state index contributed by atoms with van der Waals surface area (Å²) in [7, 11) is 0. The van der Waals surface area contributed by atoms with Crippen molar-refractivity contribution >= 4 is 39.1 Å². The second-order valence-electron chi connectivity index (χ2n) is 7.65. The molecule has 0 saturated heterocycles. The molecule has 4 aromatic carbocycles. The topological polar surface area (TPSA) is 43.4 Å². The standard InChI is InChI=1S/C19H16.C8H4O3/c1-13-5-4-8-17-15(13)11-12-18-16-7-3-2-6-14(16)9-10-19(17)18;9-7-5-3-1-2-4-6(5)8(10)11-7/h2-3,6-7,9-12H,1,4-5,8H2;1-4H. The Bertz CT molecular complexity index is 1310. The maximum Gasteiger partial charge on any atom is 0.346 e. The minimum atomic E-state index is -0.550. The molecule has 0 unspecified atom stereocenters. The Hall–Kier alpha value is -3.72. The molecule has 0 saturated carbocycles. The Labute approximate surface area is 174 Å². The van der Waals surface area contributed by atoms with Crippen molar-refractivity contribution in [2.75, 3.05) is 0 Å². The van der Waals surface area contributed by atoms with Crippen LogP contribution in [0.3, 0.4) is 0 Å². The Morgan fingerprint density at radius 1 is 0.633 bits per heavy atom. The number of rotatable bonds is 0. The molecule has 6 rings (SSSR count). The van der Waals surface area contributed by atoms with Gasteiger partial charge in [0.2, 0.25) is 0 Å².